The van der Waals surface area contributed by atoms with E-state index in [4.69, 9.17) is 0 Å². The van der Waals surface area contributed by atoms with Crippen LogP contribution in [0.4, 0.5) is 0 Å². The van der Waals surface area contributed by atoms with E-state index in [1.165, 1.54) is 34.9 Å². The Morgan fingerprint density at radius 2 is 2.07 bits per heavy atom. The Kier molecular flexibility index (Phi) is 5.07. The van der Waals surface area contributed by atoms with Gasteiger partial charge in [0.2, 0.25) is 0 Å². The number of benzene rings is 1. The molecule has 27 heavy (non-hydrogen) atoms. The van der Waals surface area contributed by atoms with Crippen LogP contribution in [0.2, 0.25) is 0 Å². The summed E-state index contributed by atoms with van der Waals surface area (Å²) >= 11 is 0. The van der Waals surface area contributed by atoms with E-state index in [-0.39, 0.29) is 5.56 Å². The van der Waals surface area contributed by atoms with Crippen LogP contribution >= 0.6 is 0 Å². The summed E-state index contributed by atoms with van der Waals surface area (Å²) in [6.07, 6.45) is 4.86. The summed E-state index contributed by atoms with van der Waals surface area (Å²) in [5.41, 5.74) is 3.57. The highest BCUT2D eigenvalue weighted by Crippen LogP contribution is 2.23. The number of aromatic amines is 1. The third kappa shape index (κ3) is 4.11. The van der Waals surface area contributed by atoms with Crippen molar-refractivity contribution in [2.75, 3.05) is 13.1 Å². The average Bonchev–Trinajstić information content (AvgIpc) is 3.02. The maximum atomic E-state index is 12.2. The Morgan fingerprint density at radius 1 is 1.22 bits per heavy atom. The van der Waals surface area contributed by atoms with Crippen molar-refractivity contribution in [2.24, 2.45) is 5.92 Å². The molecule has 0 saturated carbocycles. The quantitative estimate of drug-likeness (QED) is 0.755. The van der Waals surface area contributed by atoms with Gasteiger partial charge in [0.05, 0.1) is 5.69 Å². The van der Waals surface area contributed by atoms with E-state index >= 15 is 0 Å². The van der Waals surface area contributed by atoms with Gasteiger partial charge in [-0.15, -0.1) is 0 Å². The van der Waals surface area contributed by atoms with Gasteiger partial charge >= 0.3 is 0 Å². The van der Waals surface area contributed by atoms with E-state index in [1.54, 1.807) is 6.07 Å². The largest absolute Gasteiger partial charge is 0.297 e. The number of aromatic nitrogens is 4. The van der Waals surface area contributed by atoms with E-state index in [0.717, 1.165) is 31.7 Å². The van der Waals surface area contributed by atoms with Gasteiger partial charge in [0.25, 0.3) is 11.3 Å². The van der Waals surface area contributed by atoms with Gasteiger partial charge in [0, 0.05) is 19.2 Å². The molecule has 6 heteroatoms. The van der Waals surface area contributed by atoms with Gasteiger partial charge in [0.1, 0.15) is 5.82 Å². The van der Waals surface area contributed by atoms with Crippen LogP contribution in [0, 0.1) is 19.8 Å². The molecule has 2 aromatic heterocycles. The first-order valence-corrected chi connectivity index (χ1v) is 9.80. The number of nitrogens with one attached hydrogen (secondary N) is 1. The second-order valence-electron chi connectivity index (χ2n) is 7.74. The number of likely N-dealkylation sites (tertiary alicyclic amines) is 1. The maximum absolute atomic E-state index is 12.2. The fourth-order valence-corrected chi connectivity index (χ4v) is 4.12. The van der Waals surface area contributed by atoms with Crippen LogP contribution in [0.15, 0.2) is 35.1 Å². The first kappa shape index (κ1) is 17.9. The molecule has 1 aliphatic heterocycles. The van der Waals surface area contributed by atoms with Crippen molar-refractivity contribution < 1.29 is 0 Å². The topological polar surface area (TPSA) is 66.3 Å². The predicted molar refractivity (Wildman–Crippen MR) is 106 cm³/mol. The molecule has 142 valence electrons. The Hall–Kier alpha value is -2.47. The maximum Gasteiger partial charge on any atom is 0.274 e. The lowest BCUT2D eigenvalue weighted by molar-refractivity contribution is 0.160. The van der Waals surface area contributed by atoms with E-state index in [9.17, 15) is 4.79 Å². The lowest BCUT2D eigenvalue weighted by Gasteiger charge is -2.32. The molecule has 0 radical (unpaired) electrons. The van der Waals surface area contributed by atoms with Crippen LogP contribution in [0.1, 0.15) is 41.9 Å². The van der Waals surface area contributed by atoms with Crippen LogP contribution in [-0.2, 0) is 13.0 Å². The minimum absolute atomic E-state index is 0.0938. The molecular formula is C21H27N5O. The third-order valence-electron chi connectivity index (χ3n) is 5.57. The van der Waals surface area contributed by atoms with Crippen molar-refractivity contribution in [1.82, 2.24) is 24.5 Å². The Morgan fingerprint density at radius 3 is 2.93 bits per heavy atom. The van der Waals surface area contributed by atoms with Crippen LogP contribution in [-0.4, -0.2) is 37.6 Å². The molecule has 6 nitrogen and oxygen atoms in total. The van der Waals surface area contributed by atoms with Crippen molar-refractivity contribution >= 4 is 5.78 Å². The molecule has 1 aromatic carbocycles. The number of H-pyrrole nitrogens is 1. The number of piperidine rings is 1. The van der Waals surface area contributed by atoms with Gasteiger partial charge in [-0.05, 0) is 63.1 Å². The third-order valence-corrected chi connectivity index (χ3v) is 5.57. The molecule has 0 spiro atoms. The summed E-state index contributed by atoms with van der Waals surface area (Å²) < 4.78 is 1.40. The molecule has 1 fully saturated rings. The summed E-state index contributed by atoms with van der Waals surface area (Å²) in [4.78, 5) is 23.5. The van der Waals surface area contributed by atoms with Crippen LogP contribution in [0.25, 0.3) is 5.78 Å². The monoisotopic (exact) mass is 365 g/mol. The molecule has 3 aromatic rings. The normalized spacial score (nSPS) is 18.2. The van der Waals surface area contributed by atoms with Crippen LogP contribution in [0.3, 0.4) is 0 Å². The molecule has 1 atom stereocenters. The zero-order valence-electron chi connectivity index (χ0n) is 16.1. The SMILES string of the molecule is Cc1nc2nc(CN3CCC[C@H](CCc4ccccc4C)C3)cc(=O)n2[nH]1. The molecule has 1 N–H and O–H groups in total. The highest BCUT2D eigenvalue weighted by molar-refractivity contribution is 5.28. The molecule has 0 amide bonds. The summed E-state index contributed by atoms with van der Waals surface area (Å²) in [6, 6.07) is 10.3. The van der Waals surface area contributed by atoms with Crippen molar-refractivity contribution in [3.63, 3.8) is 0 Å². The second kappa shape index (κ2) is 7.64. The summed E-state index contributed by atoms with van der Waals surface area (Å²) in [7, 11) is 0. The van der Waals surface area contributed by atoms with E-state index in [2.05, 4.69) is 51.2 Å². The van der Waals surface area contributed by atoms with Gasteiger partial charge in [-0.25, -0.2) is 4.98 Å². The fourth-order valence-electron chi connectivity index (χ4n) is 4.12. The molecule has 1 aliphatic rings. The number of aryl methyl sites for hydroxylation is 3. The lowest BCUT2D eigenvalue weighted by atomic mass is 9.90. The van der Waals surface area contributed by atoms with Crippen molar-refractivity contribution in [3.05, 3.63) is 63.3 Å². The van der Waals surface area contributed by atoms with E-state index in [0.29, 0.717) is 17.5 Å². The molecule has 0 aliphatic carbocycles. The molecule has 4 rings (SSSR count). The fraction of sp³-hybridized carbons (Fsp3) is 0.476. The van der Waals surface area contributed by atoms with Gasteiger partial charge in [-0.1, -0.05) is 24.3 Å². The van der Waals surface area contributed by atoms with Gasteiger partial charge < -0.3 is 0 Å². The zero-order valence-corrected chi connectivity index (χ0v) is 16.1. The van der Waals surface area contributed by atoms with Crippen molar-refractivity contribution in [3.8, 4) is 0 Å². The van der Waals surface area contributed by atoms with Crippen LogP contribution < -0.4 is 5.56 Å². The Bertz CT molecular complexity index is 990. The molecular weight excluding hydrogens is 338 g/mol. The summed E-state index contributed by atoms with van der Waals surface area (Å²) in [6.45, 7) is 6.89. The lowest BCUT2D eigenvalue weighted by Crippen LogP contribution is -2.35. The minimum atomic E-state index is -0.0938. The van der Waals surface area contributed by atoms with Crippen molar-refractivity contribution in [2.45, 2.75) is 46.1 Å². The molecule has 3 heterocycles. The molecule has 0 bridgehead atoms. The number of fused-ring (bicyclic) bond motifs is 1. The van der Waals surface area contributed by atoms with Crippen LogP contribution in [0.5, 0.6) is 0 Å². The number of hydrogen-bond acceptors (Lipinski definition) is 4. The van der Waals surface area contributed by atoms with Gasteiger partial charge in [-0.3, -0.25) is 14.8 Å². The molecule has 1 saturated heterocycles. The average molecular weight is 365 g/mol. The zero-order chi connectivity index (χ0) is 18.8. The van der Waals surface area contributed by atoms with Crippen molar-refractivity contribution in [1.29, 1.82) is 0 Å². The highest BCUT2D eigenvalue weighted by Gasteiger charge is 2.21. The Labute approximate surface area is 159 Å². The van der Waals surface area contributed by atoms with Gasteiger partial charge in [0.15, 0.2) is 0 Å². The Balaban J connectivity index is 1.40. The van der Waals surface area contributed by atoms with E-state index in [1.807, 2.05) is 6.92 Å². The minimum Gasteiger partial charge on any atom is -0.297 e. The second-order valence-corrected chi connectivity index (χ2v) is 7.74. The van der Waals surface area contributed by atoms with E-state index < -0.39 is 0 Å². The first-order valence-electron chi connectivity index (χ1n) is 9.80. The smallest absolute Gasteiger partial charge is 0.274 e. The molecule has 0 unspecified atom stereocenters. The summed E-state index contributed by atoms with van der Waals surface area (Å²) in [5, 5.41) is 2.92. The highest BCUT2D eigenvalue weighted by atomic mass is 16.1. The summed E-state index contributed by atoms with van der Waals surface area (Å²) in [5.74, 6) is 1.87. The predicted octanol–water partition coefficient (Wildman–Crippen LogP) is 2.88. The number of nitrogens with zero attached hydrogens (tertiary/aromatic N) is 4. The number of hydrogen-bond donors (Lipinski definition) is 1. The van der Waals surface area contributed by atoms with Gasteiger partial charge in [-0.2, -0.15) is 9.50 Å². The number of rotatable bonds is 5. The first-order chi connectivity index (χ1) is 13.1. The standard InChI is InChI=1S/C21H27N5O/c1-15-6-3-4-8-18(15)10-9-17-7-5-11-25(13-17)14-19-12-20(27)26-21(23-19)22-16(2)24-26/h3-4,6,8,12,17H,5,7,9-11,13-14H2,1-2H3,(H,22,23,24)/t17-/m1/s1.